The van der Waals surface area contributed by atoms with Gasteiger partial charge in [0.2, 0.25) is 11.9 Å². The molecule has 0 saturated heterocycles. The molecule has 0 spiro atoms. The minimum absolute atomic E-state index is 0.202. The van der Waals surface area contributed by atoms with Crippen molar-refractivity contribution in [2.24, 2.45) is 0 Å². The number of para-hydroxylation sites is 2. The first-order valence-electron chi connectivity index (χ1n) is 7.57. The van der Waals surface area contributed by atoms with Gasteiger partial charge in [0, 0.05) is 5.69 Å². The second-order valence-corrected chi connectivity index (χ2v) is 7.41. The normalized spacial score (nSPS) is 10.9. The Kier molecular flexibility index (Phi) is 4.45. The Labute approximate surface area is 152 Å². The van der Waals surface area contributed by atoms with Crippen LogP contribution in [0.25, 0.3) is 10.2 Å². The van der Waals surface area contributed by atoms with Crippen LogP contribution >= 0.6 is 23.1 Å². The van der Waals surface area contributed by atoms with Crippen LogP contribution in [0, 0.1) is 0 Å². The van der Waals surface area contributed by atoms with E-state index in [1.807, 2.05) is 48.5 Å². The van der Waals surface area contributed by atoms with Crippen molar-refractivity contribution in [3.8, 4) is 0 Å². The molecule has 0 aliphatic rings. The molecule has 6 nitrogen and oxygen atoms in total. The third-order valence-electron chi connectivity index (χ3n) is 3.33. The lowest BCUT2D eigenvalue weighted by Crippen LogP contribution is -2.06. The molecule has 0 bridgehead atoms. The summed E-state index contributed by atoms with van der Waals surface area (Å²) in [5.74, 6) is 1.85. The minimum Gasteiger partial charge on any atom is -0.368 e. The number of anilines is 3. The molecule has 8 heteroatoms. The van der Waals surface area contributed by atoms with Crippen LogP contribution in [0.15, 0.2) is 58.9 Å². The zero-order valence-electron chi connectivity index (χ0n) is 13.1. The van der Waals surface area contributed by atoms with Crippen molar-refractivity contribution in [1.29, 1.82) is 0 Å². The van der Waals surface area contributed by atoms with Gasteiger partial charge in [-0.3, -0.25) is 0 Å². The van der Waals surface area contributed by atoms with Crippen LogP contribution in [0.3, 0.4) is 0 Å². The van der Waals surface area contributed by atoms with Gasteiger partial charge in [0.1, 0.15) is 5.82 Å². The molecular formula is C17H14N6S2. The van der Waals surface area contributed by atoms with Gasteiger partial charge in [0.25, 0.3) is 0 Å². The van der Waals surface area contributed by atoms with Gasteiger partial charge in [-0.25, -0.2) is 4.98 Å². The van der Waals surface area contributed by atoms with Crippen LogP contribution in [-0.2, 0) is 5.75 Å². The fourth-order valence-electron chi connectivity index (χ4n) is 2.25. The number of hydrogen-bond acceptors (Lipinski definition) is 8. The molecule has 0 radical (unpaired) electrons. The third-order valence-corrected chi connectivity index (χ3v) is 5.50. The quantitative estimate of drug-likeness (QED) is 0.514. The molecule has 3 N–H and O–H groups in total. The Bertz CT molecular complexity index is 969. The summed E-state index contributed by atoms with van der Waals surface area (Å²) >= 11 is 3.26. The van der Waals surface area contributed by atoms with E-state index in [0.29, 0.717) is 17.5 Å². The average molecular weight is 366 g/mol. The number of rotatable bonds is 5. The number of nitrogens with zero attached hydrogens (tertiary/aromatic N) is 4. The molecular weight excluding hydrogens is 352 g/mol. The number of hydrogen-bond donors (Lipinski definition) is 2. The number of nitrogen functional groups attached to an aromatic ring is 1. The van der Waals surface area contributed by atoms with Gasteiger partial charge in [-0.2, -0.15) is 15.0 Å². The highest BCUT2D eigenvalue weighted by Gasteiger charge is 2.08. The van der Waals surface area contributed by atoms with Crippen LogP contribution in [-0.4, -0.2) is 19.9 Å². The lowest BCUT2D eigenvalue weighted by Gasteiger charge is -2.06. The summed E-state index contributed by atoms with van der Waals surface area (Å²) < 4.78 is 2.16. The number of nitrogens with two attached hydrogens (primary N) is 1. The smallest absolute Gasteiger partial charge is 0.232 e. The molecule has 4 aromatic rings. The molecule has 0 unspecified atom stereocenters. The first-order valence-corrected chi connectivity index (χ1v) is 9.37. The van der Waals surface area contributed by atoms with E-state index in [2.05, 4.69) is 31.3 Å². The van der Waals surface area contributed by atoms with Gasteiger partial charge < -0.3 is 11.1 Å². The zero-order valence-corrected chi connectivity index (χ0v) is 14.7. The lowest BCUT2D eigenvalue weighted by atomic mass is 10.3. The topological polar surface area (TPSA) is 89.6 Å². The highest BCUT2D eigenvalue weighted by Crippen LogP contribution is 2.31. The average Bonchev–Trinajstić information content (AvgIpc) is 3.03. The molecule has 0 amide bonds. The maximum atomic E-state index is 5.82. The van der Waals surface area contributed by atoms with E-state index in [1.165, 1.54) is 4.70 Å². The molecule has 25 heavy (non-hydrogen) atoms. The van der Waals surface area contributed by atoms with Crippen LogP contribution in [0.1, 0.15) is 5.82 Å². The summed E-state index contributed by atoms with van der Waals surface area (Å²) in [4.78, 5) is 17.4. The van der Waals surface area contributed by atoms with Crippen LogP contribution in [0.2, 0.25) is 0 Å². The van der Waals surface area contributed by atoms with Gasteiger partial charge in [-0.05, 0) is 24.3 Å². The second kappa shape index (κ2) is 7.04. The number of aromatic nitrogens is 4. The molecule has 124 valence electrons. The summed E-state index contributed by atoms with van der Waals surface area (Å²) in [6.45, 7) is 0. The Hall–Kier alpha value is -2.71. The van der Waals surface area contributed by atoms with Crippen LogP contribution < -0.4 is 11.1 Å². The number of fused-ring (bicyclic) bond motifs is 1. The maximum absolute atomic E-state index is 5.82. The Morgan fingerprint density at radius 2 is 1.72 bits per heavy atom. The van der Waals surface area contributed by atoms with Crippen molar-refractivity contribution in [2.75, 3.05) is 11.1 Å². The zero-order chi connectivity index (χ0) is 17.1. The van der Waals surface area contributed by atoms with Crippen molar-refractivity contribution in [1.82, 2.24) is 19.9 Å². The first kappa shape index (κ1) is 15.8. The molecule has 2 aromatic carbocycles. The highest BCUT2D eigenvalue weighted by atomic mass is 32.2. The largest absolute Gasteiger partial charge is 0.368 e. The summed E-state index contributed by atoms with van der Waals surface area (Å²) in [6.07, 6.45) is 0. The predicted octanol–water partition coefficient (Wildman–Crippen LogP) is 4.10. The molecule has 0 aliphatic heterocycles. The molecule has 0 atom stereocenters. The van der Waals surface area contributed by atoms with Crippen LogP contribution in [0.5, 0.6) is 0 Å². The summed E-state index contributed by atoms with van der Waals surface area (Å²) in [7, 11) is 0. The fourth-order valence-corrected chi connectivity index (χ4v) is 4.17. The Morgan fingerprint density at radius 1 is 0.920 bits per heavy atom. The van der Waals surface area contributed by atoms with E-state index in [4.69, 9.17) is 5.73 Å². The van der Waals surface area contributed by atoms with E-state index in [9.17, 15) is 0 Å². The van der Waals surface area contributed by atoms with Gasteiger partial charge in [-0.1, -0.05) is 42.1 Å². The summed E-state index contributed by atoms with van der Waals surface area (Å²) in [5.41, 5.74) is 7.73. The summed E-state index contributed by atoms with van der Waals surface area (Å²) in [5, 5.41) is 3.14. The van der Waals surface area contributed by atoms with E-state index < -0.39 is 0 Å². The molecule has 0 saturated carbocycles. The standard InChI is InChI=1S/C17H14N6S2/c18-15-21-14(22-16(23-15)19-11-6-2-1-3-7-11)10-24-17-20-12-8-4-5-9-13(12)25-17/h1-9H,10H2,(H3,18,19,21,22,23). The fraction of sp³-hybridized carbons (Fsp3) is 0.0588. The minimum atomic E-state index is 0.202. The van der Waals surface area contributed by atoms with Crippen molar-refractivity contribution >= 4 is 50.9 Å². The van der Waals surface area contributed by atoms with E-state index in [0.717, 1.165) is 15.5 Å². The molecule has 2 heterocycles. The first-order chi connectivity index (χ1) is 12.3. The van der Waals surface area contributed by atoms with Crippen molar-refractivity contribution < 1.29 is 0 Å². The van der Waals surface area contributed by atoms with E-state index >= 15 is 0 Å². The Balaban J connectivity index is 1.50. The van der Waals surface area contributed by atoms with Gasteiger partial charge in [-0.15, -0.1) is 11.3 Å². The second-order valence-electron chi connectivity index (χ2n) is 5.16. The molecule has 4 rings (SSSR count). The number of thioether (sulfide) groups is 1. The maximum Gasteiger partial charge on any atom is 0.232 e. The van der Waals surface area contributed by atoms with E-state index in [1.54, 1.807) is 23.1 Å². The number of thiazole rings is 1. The van der Waals surface area contributed by atoms with Crippen molar-refractivity contribution in [3.63, 3.8) is 0 Å². The number of nitrogens with one attached hydrogen (secondary N) is 1. The van der Waals surface area contributed by atoms with Gasteiger partial charge in [0.15, 0.2) is 4.34 Å². The van der Waals surface area contributed by atoms with Crippen molar-refractivity contribution in [2.45, 2.75) is 10.1 Å². The Morgan fingerprint density at radius 3 is 2.56 bits per heavy atom. The molecule has 0 fully saturated rings. The summed E-state index contributed by atoms with van der Waals surface area (Å²) in [6, 6.07) is 17.8. The van der Waals surface area contributed by atoms with Crippen molar-refractivity contribution in [3.05, 3.63) is 60.4 Å². The van der Waals surface area contributed by atoms with Gasteiger partial charge >= 0.3 is 0 Å². The number of benzene rings is 2. The van der Waals surface area contributed by atoms with E-state index in [-0.39, 0.29) is 5.95 Å². The molecule has 0 aliphatic carbocycles. The highest BCUT2D eigenvalue weighted by molar-refractivity contribution is 8.00. The monoisotopic (exact) mass is 366 g/mol. The molecule has 2 aromatic heterocycles. The predicted molar refractivity (Wildman–Crippen MR) is 103 cm³/mol. The SMILES string of the molecule is Nc1nc(CSc2nc3ccccc3s2)nc(Nc2ccccc2)n1. The lowest BCUT2D eigenvalue weighted by molar-refractivity contribution is 0.981. The van der Waals surface area contributed by atoms with Crippen LogP contribution in [0.4, 0.5) is 17.6 Å². The van der Waals surface area contributed by atoms with Gasteiger partial charge in [0.05, 0.1) is 16.0 Å². The third kappa shape index (κ3) is 3.86.